The van der Waals surface area contributed by atoms with Gasteiger partial charge in [0.05, 0.1) is 4.92 Å². The lowest BCUT2D eigenvalue weighted by atomic mass is 9.86. The maximum absolute atomic E-state index is 13.6. The van der Waals surface area contributed by atoms with Crippen molar-refractivity contribution in [3.8, 4) is 0 Å². The molecular formula is C13H16FN3O2. The Hall–Kier alpha value is -1.69. The summed E-state index contributed by atoms with van der Waals surface area (Å²) in [4.78, 5) is 12.4. The third-order valence-electron chi connectivity index (χ3n) is 4.26. The van der Waals surface area contributed by atoms with E-state index >= 15 is 0 Å². The summed E-state index contributed by atoms with van der Waals surface area (Å²) in [5.41, 5.74) is 0.222. The van der Waals surface area contributed by atoms with Gasteiger partial charge in [-0.1, -0.05) is 6.07 Å². The zero-order valence-corrected chi connectivity index (χ0v) is 10.6. The van der Waals surface area contributed by atoms with Crippen LogP contribution in [0.1, 0.15) is 12.8 Å². The molecule has 1 spiro atoms. The van der Waals surface area contributed by atoms with Gasteiger partial charge in [0.1, 0.15) is 5.69 Å². The summed E-state index contributed by atoms with van der Waals surface area (Å²) >= 11 is 0. The van der Waals surface area contributed by atoms with E-state index in [2.05, 4.69) is 5.32 Å². The lowest BCUT2D eigenvalue weighted by Gasteiger charge is -2.23. The monoisotopic (exact) mass is 265 g/mol. The first-order chi connectivity index (χ1) is 9.11. The number of nitrogens with one attached hydrogen (secondary N) is 1. The first-order valence-electron chi connectivity index (χ1n) is 6.50. The SMILES string of the molecule is O=[N+]([O-])c1c(F)cccc1N1CCC2(CCNC2)C1. The second-order valence-electron chi connectivity index (χ2n) is 5.46. The Morgan fingerprint density at radius 3 is 2.95 bits per heavy atom. The Kier molecular flexibility index (Phi) is 2.89. The van der Waals surface area contributed by atoms with Crippen LogP contribution in [-0.2, 0) is 0 Å². The zero-order valence-electron chi connectivity index (χ0n) is 10.6. The molecule has 1 atom stereocenters. The molecule has 1 N–H and O–H groups in total. The van der Waals surface area contributed by atoms with Gasteiger partial charge in [0.2, 0.25) is 5.82 Å². The van der Waals surface area contributed by atoms with Gasteiger partial charge in [-0.05, 0) is 31.5 Å². The minimum Gasteiger partial charge on any atom is -0.365 e. The molecule has 1 unspecified atom stereocenters. The van der Waals surface area contributed by atoms with Crippen LogP contribution in [0, 0.1) is 21.3 Å². The van der Waals surface area contributed by atoms with Crippen LogP contribution in [0.15, 0.2) is 18.2 Å². The smallest absolute Gasteiger partial charge is 0.327 e. The van der Waals surface area contributed by atoms with Crippen LogP contribution in [0.25, 0.3) is 0 Å². The average Bonchev–Trinajstić information content (AvgIpc) is 2.99. The Morgan fingerprint density at radius 1 is 1.42 bits per heavy atom. The Labute approximate surface area is 110 Å². The van der Waals surface area contributed by atoms with Crippen LogP contribution >= 0.6 is 0 Å². The van der Waals surface area contributed by atoms with Crippen molar-refractivity contribution in [3.05, 3.63) is 34.1 Å². The highest BCUT2D eigenvalue weighted by atomic mass is 19.1. The maximum atomic E-state index is 13.6. The number of rotatable bonds is 2. The number of benzene rings is 1. The van der Waals surface area contributed by atoms with Crippen molar-refractivity contribution in [2.45, 2.75) is 12.8 Å². The minimum atomic E-state index is -0.756. The molecule has 3 rings (SSSR count). The van der Waals surface area contributed by atoms with E-state index in [1.54, 1.807) is 6.07 Å². The van der Waals surface area contributed by atoms with Gasteiger partial charge in [0.15, 0.2) is 0 Å². The quantitative estimate of drug-likeness (QED) is 0.655. The minimum absolute atomic E-state index is 0.209. The second-order valence-corrected chi connectivity index (χ2v) is 5.46. The largest absolute Gasteiger partial charge is 0.365 e. The molecule has 2 aliphatic rings. The normalized spacial score (nSPS) is 26.3. The van der Waals surface area contributed by atoms with E-state index < -0.39 is 16.4 Å². The van der Waals surface area contributed by atoms with Gasteiger partial charge in [-0.15, -0.1) is 0 Å². The number of halogens is 1. The average molecular weight is 265 g/mol. The second kappa shape index (κ2) is 4.45. The molecule has 1 aromatic rings. The molecular weight excluding hydrogens is 249 g/mol. The first kappa shape index (κ1) is 12.3. The number of hydrogen-bond acceptors (Lipinski definition) is 4. The van der Waals surface area contributed by atoms with Crippen LogP contribution in [0.5, 0.6) is 0 Å². The van der Waals surface area contributed by atoms with Crippen LogP contribution in [0.4, 0.5) is 15.8 Å². The number of hydrogen-bond donors (Lipinski definition) is 1. The summed E-state index contributed by atoms with van der Waals surface area (Å²) in [5.74, 6) is -0.756. The highest BCUT2D eigenvalue weighted by molar-refractivity contribution is 5.64. The highest BCUT2D eigenvalue weighted by Gasteiger charge is 2.42. The molecule has 2 saturated heterocycles. The molecule has 19 heavy (non-hydrogen) atoms. The van der Waals surface area contributed by atoms with Crippen LogP contribution in [0.2, 0.25) is 0 Å². The van der Waals surface area contributed by atoms with Gasteiger partial charge < -0.3 is 10.2 Å². The van der Waals surface area contributed by atoms with E-state index in [1.165, 1.54) is 6.07 Å². The number of nitrogens with zero attached hydrogens (tertiary/aromatic N) is 2. The maximum Gasteiger partial charge on any atom is 0.327 e. The molecule has 0 radical (unpaired) electrons. The van der Waals surface area contributed by atoms with Crippen molar-refractivity contribution in [2.75, 3.05) is 31.1 Å². The highest BCUT2D eigenvalue weighted by Crippen LogP contribution is 2.41. The van der Waals surface area contributed by atoms with Crippen LogP contribution < -0.4 is 10.2 Å². The van der Waals surface area contributed by atoms with E-state index in [-0.39, 0.29) is 5.41 Å². The molecule has 1 aromatic carbocycles. The molecule has 0 amide bonds. The number of nitro groups is 1. The third-order valence-corrected chi connectivity index (χ3v) is 4.26. The summed E-state index contributed by atoms with van der Waals surface area (Å²) in [6.07, 6.45) is 2.10. The van der Waals surface area contributed by atoms with Gasteiger partial charge in [0, 0.05) is 25.0 Å². The fraction of sp³-hybridized carbons (Fsp3) is 0.538. The van der Waals surface area contributed by atoms with Crippen LogP contribution in [-0.4, -0.2) is 31.1 Å². The summed E-state index contributed by atoms with van der Waals surface area (Å²) in [5, 5.41) is 14.4. The topological polar surface area (TPSA) is 58.4 Å². The van der Waals surface area contributed by atoms with Crippen LogP contribution in [0.3, 0.4) is 0 Å². The Morgan fingerprint density at radius 2 is 2.26 bits per heavy atom. The number of nitro benzene ring substituents is 1. The molecule has 2 aliphatic heterocycles. The molecule has 2 heterocycles. The number of para-hydroxylation sites is 1. The Balaban J connectivity index is 1.91. The van der Waals surface area contributed by atoms with E-state index in [0.717, 1.165) is 45.1 Å². The summed E-state index contributed by atoms with van der Waals surface area (Å²) in [7, 11) is 0. The lowest BCUT2D eigenvalue weighted by molar-refractivity contribution is -0.386. The summed E-state index contributed by atoms with van der Waals surface area (Å²) in [6.45, 7) is 3.47. The standard InChI is InChI=1S/C13H16FN3O2/c14-10-2-1-3-11(12(10)17(18)19)16-7-5-13(9-16)4-6-15-8-13/h1-3,15H,4-9H2. The van der Waals surface area contributed by atoms with Gasteiger partial charge in [-0.2, -0.15) is 4.39 Å². The van der Waals surface area contributed by atoms with Gasteiger partial charge in [-0.3, -0.25) is 10.1 Å². The fourth-order valence-corrected chi connectivity index (χ4v) is 3.22. The van der Waals surface area contributed by atoms with Gasteiger partial charge in [0.25, 0.3) is 0 Å². The first-order valence-corrected chi connectivity index (χ1v) is 6.50. The summed E-state index contributed by atoms with van der Waals surface area (Å²) in [6, 6.07) is 4.32. The van der Waals surface area contributed by atoms with Crippen molar-refractivity contribution in [2.24, 2.45) is 5.41 Å². The van der Waals surface area contributed by atoms with E-state index in [0.29, 0.717) is 5.69 Å². The van der Waals surface area contributed by atoms with Crippen molar-refractivity contribution in [3.63, 3.8) is 0 Å². The molecule has 0 aromatic heterocycles. The fourth-order valence-electron chi connectivity index (χ4n) is 3.22. The molecule has 6 heteroatoms. The van der Waals surface area contributed by atoms with Gasteiger partial charge in [-0.25, -0.2) is 0 Å². The van der Waals surface area contributed by atoms with Crippen molar-refractivity contribution < 1.29 is 9.31 Å². The summed E-state index contributed by atoms with van der Waals surface area (Å²) < 4.78 is 13.6. The molecule has 5 nitrogen and oxygen atoms in total. The van der Waals surface area contributed by atoms with Crippen molar-refractivity contribution in [1.82, 2.24) is 5.32 Å². The Bertz CT molecular complexity index is 515. The molecule has 0 saturated carbocycles. The zero-order chi connectivity index (χ0) is 13.5. The molecule has 2 fully saturated rings. The molecule has 0 aliphatic carbocycles. The predicted molar refractivity (Wildman–Crippen MR) is 69.8 cm³/mol. The van der Waals surface area contributed by atoms with E-state index in [9.17, 15) is 14.5 Å². The third kappa shape index (κ3) is 2.06. The predicted octanol–water partition coefficient (Wildman–Crippen LogP) is 1.92. The molecule has 102 valence electrons. The lowest BCUT2D eigenvalue weighted by Crippen LogP contribution is -2.29. The van der Waals surface area contributed by atoms with Crippen molar-refractivity contribution in [1.29, 1.82) is 0 Å². The van der Waals surface area contributed by atoms with E-state index in [1.807, 2.05) is 4.90 Å². The van der Waals surface area contributed by atoms with Crippen molar-refractivity contribution >= 4 is 11.4 Å². The van der Waals surface area contributed by atoms with Gasteiger partial charge >= 0.3 is 5.69 Å². The number of anilines is 1. The van der Waals surface area contributed by atoms with E-state index in [4.69, 9.17) is 0 Å². The molecule has 0 bridgehead atoms.